The molecule has 0 heterocycles. The monoisotopic (exact) mass is 334 g/mol. The van der Waals surface area contributed by atoms with Crippen LogP contribution >= 0.6 is 0 Å². The molecule has 1 fully saturated rings. The molecule has 0 bridgehead atoms. The van der Waals surface area contributed by atoms with Gasteiger partial charge in [0.25, 0.3) is 0 Å². The first-order valence-corrected chi connectivity index (χ1v) is 8.13. The molecule has 0 spiro atoms. The van der Waals surface area contributed by atoms with Crippen molar-refractivity contribution in [1.82, 2.24) is 5.32 Å². The summed E-state index contributed by atoms with van der Waals surface area (Å²) in [5.74, 6) is -1.75. The third kappa shape index (κ3) is 4.71. The van der Waals surface area contributed by atoms with Gasteiger partial charge in [0.1, 0.15) is 0 Å². The fraction of sp³-hybridized carbons (Fsp3) is 0.471. The number of hydrogen-bond donors (Lipinski definition) is 3. The topological polar surface area (TPSA) is 105 Å². The second kappa shape index (κ2) is 8.33. The summed E-state index contributed by atoms with van der Waals surface area (Å²) in [6.45, 7) is 1.86. The van der Waals surface area contributed by atoms with Crippen LogP contribution < -0.4 is 10.6 Å². The molecule has 0 aliphatic heterocycles. The SMILES string of the molecule is CCOC(=O)c1ccc(C(=O)O)cc1NC(=O)NC1CCCCC1. The minimum absolute atomic E-state index is 0.0176. The summed E-state index contributed by atoms with van der Waals surface area (Å²) in [6, 6.07) is 3.56. The lowest BCUT2D eigenvalue weighted by Crippen LogP contribution is -2.39. The lowest BCUT2D eigenvalue weighted by atomic mass is 9.96. The molecule has 0 saturated heterocycles. The number of carboxylic acids is 1. The summed E-state index contributed by atoms with van der Waals surface area (Å²) in [5.41, 5.74) is 0.235. The third-order valence-corrected chi connectivity index (χ3v) is 3.95. The van der Waals surface area contributed by atoms with Crippen LogP contribution in [0.4, 0.5) is 10.5 Å². The fourth-order valence-corrected chi connectivity index (χ4v) is 2.76. The fourth-order valence-electron chi connectivity index (χ4n) is 2.76. The van der Waals surface area contributed by atoms with E-state index >= 15 is 0 Å². The average Bonchev–Trinajstić information content (AvgIpc) is 2.55. The van der Waals surface area contributed by atoms with Crippen LogP contribution in [0.2, 0.25) is 0 Å². The average molecular weight is 334 g/mol. The van der Waals surface area contributed by atoms with Crippen LogP contribution in [0.15, 0.2) is 18.2 Å². The van der Waals surface area contributed by atoms with Gasteiger partial charge in [-0.15, -0.1) is 0 Å². The van der Waals surface area contributed by atoms with E-state index in [1.165, 1.54) is 24.6 Å². The van der Waals surface area contributed by atoms with Crippen LogP contribution in [0.1, 0.15) is 59.7 Å². The maximum atomic E-state index is 12.2. The van der Waals surface area contributed by atoms with E-state index in [1.807, 2.05) is 0 Å². The van der Waals surface area contributed by atoms with Gasteiger partial charge < -0.3 is 20.5 Å². The number of carbonyl (C=O) groups is 3. The molecule has 1 aliphatic rings. The molecule has 7 heteroatoms. The van der Waals surface area contributed by atoms with Gasteiger partial charge >= 0.3 is 18.0 Å². The molecule has 7 nitrogen and oxygen atoms in total. The molecule has 24 heavy (non-hydrogen) atoms. The molecule has 130 valence electrons. The number of rotatable bonds is 5. The first kappa shape index (κ1) is 17.8. The van der Waals surface area contributed by atoms with Gasteiger partial charge in [-0.2, -0.15) is 0 Å². The number of nitrogens with one attached hydrogen (secondary N) is 2. The molecule has 0 atom stereocenters. The van der Waals surface area contributed by atoms with E-state index in [9.17, 15) is 14.4 Å². The molecule has 1 aliphatic carbocycles. The van der Waals surface area contributed by atoms with Crippen molar-refractivity contribution in [3.63, 3.8) is 0 Å². The molecule has 3 N–H and O–H groups in total. The van der Waals surface area contributed by atoms with Gasteiger partial charge in [0, 0.05) is 6.04 Å². The highest BCUT2D eigenvalue weighted by Gasteiger charge is 2.19. The Hall–Kier alpha value is -2.57. The largest absolute Gasteiger partial charge is 0.478 e. The number of esters is 1. The Morgan fingerprint density at radius 1 is 1.21 bits per heavy atom. The van der Waals surface area contributed by atoms with E-state index in [2.05, 4.69) is 10.6 Å². The zero-order valence-corrected chi connectivity index (χ0v) is 13.6. The van der Waals surface area contributed by atoms with E-state index in [0.717, 1.165) is 25.7 Å². The Morgan fingerprint density at radius 3 is 2.54 bits per heavy atom. The second-order valence-corrected chi connectivity index (χ2v) is 5.72. The molecule has 0 radical (unpaired) electrons. The van der Waals surface area contributed by atoms with Crippen molar-refractivity contribution >= 4 is 23.7 Å². The van der Waals surface area contributed by atoms with Crippen LogP contribution in [0.5, 0.6) is 0 Å². The maximum absolute atomic E-state index is 12.2. The molecule has 2 amide bonds. The number of anilines is 1. The molecular weight excluding hydrogens is 312 g/mol. The van der Waals surface area contributed by atoms with E-state index in [1.54, 1.807) is 6.92 Å². The highest BCUT2D eigenvalue weighted by molar-refractivity contribution is 6.03. The van der Waals surface area contributed by atoms with E-state index in [0.29, 0.717) is 0 Å². The van der Waals surface area contributed by atoms with Gasteiger partial charge in [-0.05, 0) is 38.0 Å². The number of hydrogen-bond acceptors (Lipinski definition) is 4. The van der Waals surface area contributed by atoms with Crippen LogP contribution in [0.3, 0.4) is 0 Å². The summed E-state index contributed by atoms with van der Waals surface area (Å²) >= 11 is 0. The van der Waals surface area contributed by atoms with Crippen LogP contribution in [0, 0.1) is 0 Å². The lowest BCUT2D eigenvalue weighted by Gasteiger charge is -2.23. The second-order valence-electron chi connectivity index (χ2n) is 5.72. The van der Waals surface area contributed by atoms with E-state index < -0.39 is 18.0 Å². The van der Waals surface area contributed by atoms with Crippen molar-refractivity contribution in [1.29, 1.82) is 0 Å². The van der Waals surface area contributed by atoms with Crippen molar-refractivity contribution in [2.75, 3.05) is 11.9 Å². The minimum atomic E-state index is -1.14. The molecule has 2 rings (SSSR count). The minimum Gasteiger partial charge on any atom is -0.478 e. The standard InChI is InChI=1S/C17H22N2O5/c1-2-24-16(22)13-9-8-11(15(20)21)10-14(13)19-17(23)18-12-6-4-3-5-7-12/h8-10,12H,2-7H2,1H3,(H,20,21)(H2,18,19,23). The maximum Gasteiger partial charge on any atom is 0.340 e. The first-order valence-electron chi connectivity index (χ1n) is 8.13. The van der Waals surface area contributed by atoms with Crippen molar-refractivity contribution < 1.29 is 24.2 Å². The summed E-state index contributed by atoms with van der Waals surface area (Å²) < 4.78 is 4.94. The van der Waals surface area contributed by atoms with Gasteiger partial charge in [-0.3, -0.25) is 0 Å². The van der Waals surface area contributed by atoms with Crippen molar-refractivity contribution in [3.8, 4) is 0 Å². The molecule has 0 aromatic heterocycles. The van der Waals surface area contributed by atoms with Crippen molar-refractivity contribution in [2.45, 2.75) is 45.1 Å². The van der Waals surface area contributed by atoms with Crippen molar-refractivity contribution in [2.24, 2.45) is 0 Å². The number of carbonyl (C=O) groups excluding carboxylic acids is 2. The molecular formula is C17H22N2O5. The Labute approximate surface area is 140 Å². The molecule has 0 unspecified atom stereocenters. The Bertz CT molecular complexity index is 623. The number of benzene rings is 1. The van der Waals surface area contributed by atoms with Crippen molar-refractivity contribution in [3.05, 3.63) is 29.3 Å². The highest BCUT2D eigenvalue weighted by atomic mass is 16.5. The summed E-state index contributed by atoms with van der Waals surface area (Å²) in [6.07, 6.45) is 5.18. The number of amides is 2. The normalized spacial score (nSPS) is 14.7. The Balaban J connectivity index is 2.15. The van der Waals surface area contributed by atoms with Gasteiger partial charge in [-0.1, -0.05) is 19.3 Å². The zero-order chi connectivity index (χ0) is 17.5. The Morgan fingerprint density at radius 2 is 1.92 bits per heavy atom. The van der Waals surface area contributed by atoms with E-state index in [4.69, 9.17) is 9.84 Å². The molecule has 1 aromatic carbocycles. The smallest absolute Gasteiger partial charge is 0.340 e. The predicted octanol–water partition coefficient (Wildman–Crippen LogP) is 3.02. The number of urea groups is 1. The van der Waals surface area contributed by atoms with E-state index in [-0.39, 0.29) is 29.5 Å². The van der Waals surface area contributed by atoms with Crippen LogP contribution in [-0.2, 0) is 4.74 Å². The predicted molar refractivity (Wildman–Crippen MR) is 88.4 cm³/mol. The van der Waals surface area contributed by atoms with Crippen LogP contribution in [0.25, 0.3) is 0 Å². The zero-order valence-electron chi connectivity index (χ0n) is 13.6. The Kier molecular flexibility index (Phi) is 6.17. The molecule has 1 saturated carbocycles. The van der Waals surface area contributed by atoms with Gasteiger partial charge in [0.15, 0.2) is 0 Å². The highest BCUT2D eigenvalue weighted by Crippen LogP contribution is 2.21. The van der Waals surface area contributed by atoms with Gasteiger partial charge in [-0.25, -0.2) is 14.4 Å². The van der Waals surface area contributed by atoms with Crippen LogP contribution in [-0.4, -0.2) is 35.7 Å². The lowest BCUT2D eigenvalue weighted by molar-refractivity contribution is 0.0526. The molecule has 1 aromatic rings. The third-order valence-electron chi connectivity index (χ3n) is 3.95. The van der Waals surface area contributed by atoms with Gasteiger partial charge in [0.05, 0.1) is 23.4 Å². The number of ether oxygens (including phenoxy) is 1. The first-order chi connectivity index (χ1) is 11.5. The summed E-state index contributed by atoms with van der Waals surface area (Å²) in [5, 5.41) is 14.5. The number of aromatic carboxylic acids is 1. The number of carboxylic acid groups (broad SMARTS) is 1. The van der Waals surface area contributed by atoms with Gasteiger partial charge in [0.2, 0.25) is 0 Å². The summed E-state index contributed by atoms with van der Waals surface area (Å²) in [4.78, 5) is 35.3. The summed E-state index contributed by atoms with van der Waals surface area (Å²) in [7, 11) is 0. The quantitative estimate of drug-likeness (QED) is 0.718.